The number of benzene rings is 3. The van der Waals surface area contributed by atoms with Crippen LogP contribution in [0.2, 0.25) is 5.02 Å². The van der Waals surface area contributed by atoms with E-state index in [9.17, 15) is 4.79 Å². The molecule has 0 fully saturated rings. The van der Waals surface area contributed by atoms with Crippen LogP contribution in [-0.4, -0.2) is 12.1 Å². The molecule has 0 radical (unpaired) electrons. The Hall–Kier alpha value is -3.62. The molecular weight excluding hydrogens is 386 g/mol. The fourth-order valence-electron chi connectivity index (χ4n) is 2.57. The van der Waals surface area contributed by atoms with Crippen LogP contribution in [0.1, 0.15) is 22.3 Å². The third-order valence-corrected chi connectivity index (χ3v) is 4.35. The minimum atomic E-state index is -0.209. The van der Waals surface area contributed by atoms with E-state index in [1.165, 1.54) is 0 Å². The molecule has 0 atom stereocenters. The predicted octanol–water partition coefficient (Wildman–Crippen LogP) is 4.48. The smallest absolute Gasteiger partial charge is 0.244 e. The summed E-state index contributed by atoms with van der Waals surface area (Å²) in [6.07, 6.45) is 1.79. The maximum Gasteiger partial charge on any atom is 0.244 e. The number of hydrogen-bond acceptors (Lipinski definition) is 4. The monoisotopic (exact) mass is 403 g/mol. The maximum atomic E-state index is 11.9. The summed E-state index contributed by atoms with van der Waals surface area (Å²) < 4.78 is 5.73. The van der Waals surface area contributed by atoms with Crippen LogP contribution in [-0.2, 0) is 17.8 Å². The van der Waals surface area contributed by atoms with Crippen molar-refractivity contribution in [2.75, 3.05) is 0 Å². The molecule has 0 bridgehead atoms. The summed E-state index contributed by atoms with van der Waals surface area (Å²) in [4.78, 5) is 11.9. The molecule has 0 heterocycles. The van der Waals surface area contributed by atoms with Crippen molar-refractivity contribution in [3.05, 3.63) is 100 Å². The van der Waals surface area contributed by atoms with E-state index >= 15 is 0 Å². The predicted molar refractivity (Wildman–Crippen MR) is 113 cm³/mol. The first kappa shape index (κ1) is 20.1. The fraction of sp³-hybridized carbons (Fsp3) is 0.0870. The summed E-state index contributed by atoms with van der Waals surface area (Å²) in [6, 6.07) is 23.9. The number of hydrogen-bond donors (Lipinski definition) is 1. The van der Waals surface area contributed by atoms with E-state index in [4.69, 9.17) is 21.6 Å². The molecule has 0 aliphatic heterocycles. The Labute approximate surface area is 174 Å². The van der Waals surface area contributed by atoms with Crippen LogP contribution >= 0.6 is 11.6 Å². The first-order valence-corrected chi connectivity index (χ1v) is 9.29. The van der Waals surface area contributed by atoms with Gasteiger partial charge in [-0.15, -0.1) is 0 Å². The lowest BCUT2D eigenvalue weighted by molar-refractivity contribution is -0.120. The van der Waals surface area contributed by atoms with Crippen molar-refractivity contribution in [3.63, 3.8) is 0 Å². The molecule has 5 nitrogen and oxygen atoms in total. The van der Waals surface area contributed by atoms with Gasteiger partial charge in [-0.3, -0.25) is 4.79 Å². The highest BCUT2D eigenvalue weighted by Crippen LogP contribution is 2.15. The van der Waals surface area contributed by atoms with Crippen molar-refractivity contribution in [1.82, 2.24) is 5.43 Å². The van der Waals surface area contributed by atoms with E-state index in [1.807, 2.05) is 42.5 Å². The van der Waals surface area contributed by atoms with Crippen LogP contribution < -0.4 is 10.2 Å². The molecule has 0 saturated heterocycles. The second kappa shape index (κ2) is 10.1. The molecule has 0 aliphatic carbocycles. The molecule has 0 aliphatic rings. The van der Waals surface area contributed by atoms with Crippen molar-refractivity contribution in [2.45, 2.75) is 13.0 Å². The van der Waals surface area contributed by atoms with Gasteiger partial charge in [0.1, 0.15) is 12.4 Å². The number of nitrogens with one attached hydrogen (secondary N) is 1. The largest absolute Gasteiger partial charge is 0.489 e. The van der Waals surface area contributed by atoms with Crippen molar-refractivity contribution >= 4 is 23.7 Å². The molecular formula is C23H18ClN3O2. The molecule has 0 saturated carbocycles. The lowest BCUT2D eigenvalue weighted by Gasteiger charge is -2.07. The van der Waals surface area contributed by atoms with Crippen molar-refractivity contribution < 1.29 is 9.53 Å². The Morgan fingerprint density at radius 3 is 2.52 bits per heavy atom. The number of nitrogens with zero attached hydrogens (tertiary/aromatic N) is 2. The summed E-state index contributed by atoms with van der Waals surface area (Å²) in [5.41, 5.74) is 5.63. The standard InChI is InChI=1S/C23H18ClN3O2/c24-21-9-5-17(6-10-21)13-23(28)27-26-15-18-7-11-22(12-8-18)29-16-20-4-2-1-3-19(20)14-25/h1-12,15H,13,16H2,(H,27,28)/b26-15-. The highest BCUT2D eigenvalue weighted by molar-refractivity contribution is 6.30. The number of hydrazone groups is 1. The van der Waals surface area contributed by atoms with Gasteiger partial charge in [0.25, 0.3) is 0 Å². The zero-order chi connectivity index (χ0) is 20.5. The van der Waals surface area contributed by atoms with Gasteiger partial charge in [-0.25, -0.2) is 5.43 Å². The van der Waals surface area contributed by atoms with Gasteiger partial charge in [0.2, 0.25) is 5.91 Å². The molecule has 3 aromatic carbocycles. The van der Waals surface area contributed by atoms with E-state index in [2.05, 4.69) is 16.6 Å². The van der Waals surface area contributed by atoms with Gasteiger partial charge in [0, 0.05) is 10.6 Å². The number of halogens is 1. The van der Waals surface area contributed by atoms with Gasteiger partial charge in [-0.2, -0.15) is 10.4 Å². The topological polar surface area (TPSA) is 74.5 Å². The lowest BCUT2D eigenvalue weighted by Crippen LogP contribution is -2.19. The highest BCUT2D eigenvalue weighted by Gasteiger charge is 2.03. The van der Waals surface area contributed by atoms with Gasteiger partial charge < -0.3 is 4.74 Å². The Balaban J connectivity index is 1.49. The second-order valence-electron chi connectivity index (χ2n) is 6.22. The van der Waals surface area contributed by atoms with Crippen molar-refractivity contribution in [2.24, 2.45) is 5.10 Å². The molecule has 0 spiro atoms. The van der Waals surface area contributed by atoms with Gasteiger partial charge in [0.05, 0.1) is 24.3 Å². The van der Waals surface area contributed by atoms with E-state index in [-0.39, 0.29) is 12.3 Å². The second-order valence-corrected chi connectivity index (χ2v) is 6.66. The number of amides is 1. The lowest BCUT2D eigenvalue weighted by atomic mass is 10.1. The Morgan fingerprint density at radius 2 is 1.79 bits per heavy atom. The third kappa shape index (κ3) is 6.20. The van der Waals surface area contributed by atoms with E-state index in [1.54, 1.807) is 36.5 Å². The van der Waals surface area contributed by atoms with Crippen molar-refractivity contribution in [3.8, 4) is 11.8 Å². The summed E-state index contributed by atoms with van der Waals surface area (Å²) in [7, 11) is 0. The van der Waals surface area contributed by atoms with Crippen LogP contribution in [0.5, 0.6) is 5.75 Å². The Morgan fingerprint density at radius 1 is 1.07 bits per heavy atom. The first-order chi connectivity index (χ1) is 14.1. The van der Waals surface area contributed by atoms with E-state index in [0.717, 1.165) is 16.7 Å². The van der Waals surface area contributed by atoms with E-state index < -0.39 is 0 Å². The van der Waals surface area contributed by atoms with Gasteiger partial charge >= 0.3 is 0 Å². The number of carbonyl (C=O) groups excluding carboxylic acids is 1. The van der Waals surface area contributed by atoms with Crippen LogP contribution in [0.15, 0.2) is 77.9 Å². The molecule has 0 aromatic heterocycles. The molecule has 1 N–H and O–H groups in total. The third-order valence-electron chi connectivity index (χ3n) is 4.09. The average Bonchev–Trinajstić information content (AvgIpc) is 2.75. The van der Waals surface area contributed by atoms with Crippen LogP contribution in [0.25, 0.3) is 0 Å². The van der Waals surface area contributed by atoms with Gasteiger partial charge in [-0.05, 0) is 53.6 Å². The zero-order valence-electron chi connectivity index (χ0n) is 15.5. The van der Waals surface area contributed by atoms with E-state index in [0.29, 0.717) is 22.9 Å². The quantitative estimate of drug-likeness (QED) is 0.466. The summed E-state index contributed by atoms with van der Waals surface area (Å²) in [5.74, 6) is 0.473. The zero-order valence-corrected chi connectivity index (χ0v) is 16.3. The summed E-state index contributed by atoms with van der Waals surface area (Å²) in [5, 5.41) is 13.7. The molecule has 1 amide bonds. The minimum absolute atomic E-state index is 0.209. The van der Waals surface area contributed by atoms with Crippen LogP contribution in [0.3, 0.4) is 0 Å². The maximum absolute atomic E-state index is 11.9. The van der Waals surface area contributed by atoms with Gasteiger partial charge in [0.15, 0.2) is 0 Å². The Bertz CT molecular complexity index is 1040. The molecule has 3 aromatic rings. The van der Waals surface area contributed by atoms with Crippen LogP contribution in [0.4, 0.5) is 0 Å². The minimum Gasteiger partial charge on any atom is -0.489 e. The van der Waals surface area contributed by atoms with Gasteiger partial charge in [-0.1, -0.05) is 41.9 Å². The fourth-order valence-corrected chi connectivity index (χ4v) is 2.70. The molecule has 29 heavy (non-hydrogen) atoms. The SMILES string of the molecule is N#Cc1ccccc1COc1ccc(/C=N\NC(=O)Cc2ccc(Cl)cc2)cc1. The number of rotatable bonds is 7. The average molecular weight is 404 g/mol. The molecule has 3 rings (SSSR count). The highest BCUT2D eigenvalue weighted by atomic mass is 35.5. The number of nitriles is 1. The first-order valence-electron chi connectivity index (χ1n) is 8.91. The number of ether oxygens (including phenoxy) is 1. The summed E-state index contributed by atoms with van der Waals surface area (Å²) in [6.45, 7) is 0.317. The molecule has 0 unspecified atom stereocenters. The van der Waals surface area contributed by atoms with Crippen molar-refractivity contribution in [1.29, 1.82) is 5.26 Å². The van der Waals surface area contributed by atoms with Crippen LogP contribution in [0, 0.1) is 11.3 Å². The normalized spacial score (nSPS) is 10.5. The Kier molecular flexibility index (Phi) is 6.99. The molecule has 144 valence electrons. The number of carbonyl (C=O) groups is 1. The molecule has 6 heteroatoms. The summed E-state index contributed by atoms with van der Waals surface area (Å²) >= 11 is 5.83.